The summed E-state index contributed by atoms with van der Waals surface area (Å²) in [5.74, 6) is 0. The number of hydrogen-bond donors (Lipinski definition) is 0. The molecule has 10 heavy (non-hydrogen) atoms. The molecule has 0 N–H and O–H groups in total. The van der Waals surface area contributed by atoms with Crippen molar-refractivity contribution in [2.45, 2.75) is 18.2 Å². The molecule has 1 aromatic carbocycles. The SMILES string of the molecule is [Fe][CH2]CCc1ccccc1. The van der Waals surface area contributed by atoms with Crippen LogP contribution in [0.3, 0.4) is 0 Å². The Morgan fingerprint density at radius 3 is 2.40 bits per heavy atom. The van der Waals surface area contributed by atoms with Crippen LogP contribution in [0.15, 0.2) is 30.3 Å². The van der Waals surface area contributed by atoms with Crippen LogP contribution in [-0.4, -0.2) is 0 Å². The second-order valence-electron chi connectivity index (χ2n) is 2.27. The molecule has 0 radical (unpaired) electrons. The number of benzene rings is 1. The average Bonchev–Trinajstić information content (AvgIpc) is 2.03. The molecule has 0 fully saturated rings. The third-order valence-electron chi connectivity index (χ3n) is 1.43. The van der Waals surface area contributed by atoms with Crippen LogP contribution in [0.1, 0.15) is 12.0 Å². The maximum absolute atomic E-state index is 3.80. The topological polar surface area (TPSA) is 0 Å². The van der Waals surface area contributed by atoms with Crippen molar-refractivity contribution in [3.05, 3.63) is 35.9 Å². The molecule has 0 aliphatic rings. The zero-order valence-corrected chi connectivity index (χ0v) is 6.97. The van der Waals surface area contributed by atoms with E-state index < -0.39 is 0 Å². The van der Waals surface area contributed by atoms with Crippen molar-refractivity contribution in [1.29, 1.82) is 0 Å². The molecule has 1 rings (SSSR count). The van der Waals surface area contributed by atoms with Crippen LogP contribution in [-0.2, 0) is 22.4 Å². The summed E-state index contributed by atoms with van der Waals surface area (Å²) >= 11 is 3.80. The van der Waals surface area contributed by atoms with E-state index in [1.165, 1.54) is 18.4 Å². The quantitative estimate of drug-likeness (QED) is 0.619. The van der Waals surface area contributed by atoms with Gasteiger partial charge in [-0.1, -0.05) is 0 Å². The van der Waals surface area contributed by atoms with Gasteiger partial charge in [-0.15, -0.1) is 0 Å². The molecule has 0 aliphatic heterocycles. The van der Waals surface area contributed by atoms with E-state index in [9.17, 15) is 0 Å². The van der Waals surface area contributed by atoms with Gasteiger partial charge in [-0.3, -0.25) is 0 Å². The van der Waals surface area contributed by atoms with Gasteiger partial charge >= 0.3 is 70.1 Å². The molecule has 0 nitrogen and oxygen atoms in total. The second kappa shape index (κ2) is 4.54. The predicted octanol–water partition coefficient (Wildman–Crippen LogP) is 2.58. The summed E-state index contributed by atoms with van der Waals surface area (Å²) in [6.07, 6.45) is 2.37. The van der Waals surface area contributed by atoms with Crippen LogP contribution in [0.4, 0.5) is 0 Å². The number of rotatable bonds is 3. The van der Waals surface area contributed by atoms with Gasteiger partial charge in [0.25, 0.3) is 0 Å². The molecule has 0 saturated heterocycles. The van der Waals surface area contributed by atoms with E-state index in [-0.39, 0.29) is 0 Å². The monoisotopic (exact) mass is 175 g/mol. The van der Waals surface area contributed by atoms with Crippen LogP contribution in [0.2, 0.25) is 5.32 Å². The molecule has 0 unspecified atom stereocenters. The van der Waals surface area contributed by atoms with Gasteiger partial charge in [-0.25, -0.2) is 0 Å². The van der Waals surface area contributed by atoms with Gasteiger partial charge in [-0.2, -0.15) is 0 Å². The standard InChI is InChI=1S/C9H11.Fe/c1-2-6-9-7-4-3-5-8-9;/h3-5,7-8H,1-2,6H2;. The van der Waals surface area contributed by atoms with Crippen LogP contribution < -0.4 is 0 Å². The van der Waals surface area contributed by atoms with Crippen LogP contribution in [0.5, 0.6) is 0 Å². The molecule has 0 spiro atoms. The molecule has 0 heterocycles. The van der Waals surface area contributed by atoms with Crippen LogP contribution in [0.25, 0.3) is 0 Å². The summed E-state index contributed by atoms with van der Waals surface area (Å²) in [4.78, 5) is 0. The van der Waals surface area contributed by atoms with Gasteiger partial charge in [0.15, 0.2) is 0 Å². The van der Waals surface area contributed by atoms with E-state index in [0.717, 1.165) is 5.32 Å². The molecule has 0 amide bonds. The molecule has 0 saturated carbocycles. The van der Waals surface area contributed by atoms with Gasteiger partial charge in [0, 0.05) is 0 Å². The van der Waals surface area contributed by atoms with Gasteiger partial charge in [0.2, 0.25) is 0 Å². The van der Waals surface area contributed by atoms with Crippen molar-refractivity contribution in [3.8, 4) is 0 Å². The van der Waals surface area contributed by atoms with Gasteiger partial charge in [0.05, 0.1) is 0 Å². The summed E-state index contributed by atoms with van der Waals surface area (Å²) in [6.45, 7) is 0. The third kappa shape index (κ3) is 2.55. The molecule has 1 aromatic rings. The van der Waals surface area contributed by atoms with Crippen molar-refractivity contribution in [2.24, 2.45) is 0 Å². The minimum absolute atomic E-state index is 1.04. The Morgan fingerprint density at radius 1 is 1.10 bits per heavy atom. The van der Waals surface area contributed by atoms with Gasteiger partial charge in [-0.05, 0) is 0 Å². The third-order valence-corrected chi connectivity index (χ3v) is 1.82. The van der Waals surface area contributed by atoms with Crippen molar-refractivity contribution in [2.75, 3.05) is 0 Å². The van der Waals surface area contributed by atoms with Crippen LogP contribution >= 0.6 is 0 Å². The first kappa shape index (κ1) is 7.84. The van der Waals surface area contributed by atoms with Crippen molar-refractivity contribution < 1.29 is 16.0 Å². The Morgan fingerprint density at radius 2 is 1.80 bits per heavy atom. The molecule has 1 heteroatoms. The Kier molecular flexibility index (Phi) is 3.56. The Hall–Kier alpha value is -0.261. The van der Waals surface area contributed by atoms with E-state index in [1.807, 2.05) is 6.07 Å². The zero-order chi connectivity index (χ0) is 7.23. The molecular formula is C9H11Fe. The summed E-state index contributed by atoms with van der Waals surface area (Å²) in [7, 11) is 0. The van der Waals surface area contributed by atoms with Gasteiger partial charge < -0.3 is 0 Å². The Labute approximate surface area is 70.5 Å². The number of hydrogen-bond acceptors (Lipinski definition) is 0. The molecule has 0 aromatic heterocycles. The Bertz CT molecular complexity index is 169. The maximum atomic E-state index is 3.80. The summed E-state index contributed by atoms with van der Waals surface area (Å²) in [5, 5.41) is 1.04. The molecule has 0 aliphatic carbocycles. The first-order valence-corrected chi connectivity index (χ1v) is 4.30. The summed E-state index contributed by atoms with van der Waals surface area (Å²) in [5.41, 5.74) is 1.42. The summed E-state index contributed by atoms with van der Waals surface area (Å²) in [6, 6.07) is 10.5. The molecular weight excluding hydrogens is 164 g/mol. The van der Waals surface area contributed by atoms with Crippen LogP contribution in [0, 0.1) is 0 Å². The predicted molar refractivity (Wildman–Crippen MR) is 39.6 cm³/mol. The minimum atomic E-state index is 1.04. The first-order chi connectivity index (χ1) is 4.93. The fraction of sp³-hybridized carbons (Fsp3) is 0.333. The van der Waals surface area contributed by atoms with Crippen molar-refractivity contribution >= 4 is 0 Å². The normalized spacial score (nSPS) is 9.70. The molecule has 0 atom stereocenters. The molecule has 0 bridgehead atoms. The number of aryl methyl sites for hydroxylation is 1. The zero-order valence-electron chi connectivity index (χ0n) is 5.86. The van der Waals surface area contributed by atoms with E-state index >= 15 is 0 Å². The van der Waals surface area contributed by atoms with E-state index in [2.05, 4.69) is 40.3 Å². The van der Waals surface area contributed by atoms with E-state index in [4.69, 9.17) is 0 Å². The van der Waals surface area contributed by atoms with E-state index in [1.54, 1.807) is 0 Å². The van der Waals surface area contributed by atoms with E-state index in [0.29, 0.717) is 0 Å². The average molecular weight is 175 g/mol. The molecule has 55 valence electrons. The van der Waals surface area contributed by atoms with Crippen molar-refractivity contribution in [3.63, 3.8) is 0 Å². The first-order valence-electron chi connectivity index (χ1n) is 3.51. The van der Waals surface area contributed by atoms with Gasteiger partial charge in [0.1, 0.15) is 0 Å². The summed E-state index contributed by atoms with van der Waals surface area (Å²) < 4.78 is 0. The fourth-order valence-electron chi connectivity index (χ4n) is 0.911. The fourth-order valence-corrected chi connectivity index (χ4v) is 1.11. The van der Waals surface area contributed by atoms with Crippen molar-refractivity contribution in [1.82, 2.24) is 0 Å². The Balaban J connectivity index is 2.43. The second-order valence-corrected chi connectivity index (χ2v) is 2.82.